The molecule has 0 aromatic heterocycles. The van der Waals surface area contributed by atoms with Gasteiger partial charge in [-0.15, -0.1) is 0 Å². The van der Waals surface area contributed by atoms with Crippen LogP contribution in [0, 0.1) is 11.6 Å². The van der Waals surface area contributed by atoms with Crippen molar-refractivity contribution < 1.29 is 13.6 Å². The third-order valence-corrected chi connectivity index (χ3v) is 4.17. The van der Waals surface area contributed by atoms with Crippen LogP contribution in [0.2, 0.25) is 0 Å². The Balaban J connectivity index is 1.89. The summed E-state index contributed by atoms with van der Waals surface area (Å²) in [7, 11) is 5.48. The van der Waals surface area contributed by atoms with E-state index in [4.69, 9.17) is 0 Å². The van der Waals surface area contributed by atoms with Gasteiger partial charge in [0.15, 0.2) is 5.96 Å². The van der Waals surface area contributed by atoms with Crippen molar-refractivity contribution in [2.75, 3.05) is 34.2 Å². The number of halogens is 2. The number of likely N-dealkylation sites (N-methyl/N-ethyl adjacent to an activating group) is 1. The molecule has 29 heavy (non-hydrogen) atoms. The zero-order valence-corrected chi connectivity index (χ0v) is 16.9. The maximum absolute atomic E-state index is 13.7. The van der Waals surface area contributed by atoms with Crippen LogP contribution in [-0.2, 0) is 13.1 Å². The number of benzene rings is 2. The molecule has 0 aliphatic carbocycles. The van der Waals surface area contributed by atoms with Crippen molar-refractivity contribution in [3.63, 3.8) is 0 Å². The molecule has 0 saturated heterocycles. The lowest BCUT2D eigenvalue weighted by atomic mass is 10.1. The molecule has 0 aliphatic rings. The van der Waals surface area contributed by atoms with Crippen LogP contribution < -0.4 is 16.0 Å². The van der Waals surface area contributed by atoms with E-state index in [0.717, 1.165) is 30.3 Å². The number of hydrogen-bond donors (Lipinski definition) is 3. The Kier molecular flexibility index (Phi) is 8.54. The first kappa shape index (κ1) is 22.3. The highest BCUT2D eigenvalue weighted by Crippen LogP contribution is 2.09. The van der Waals surface area contributed by atoms with Gasteiger partial charge < -0.3 is 20.9 Å². The Morgan fingerprint density at radius 2 is 1.79 bits per heavy atom. The predicted octanol–water partition coefficient (Wildman–Crippen LogP) is 2.12. The van der Waals surface area contributed by atoms with Crippen LogP contribution in [0.25, 0.3) is 0 Å². The minimum atomic E-state index is -0.494. The molecule has 2 aromatic carbocycles. The van der Waals surface area contributed by atoms with Crippen molar-refractivity contribution in [1.29, 1.82) is 0 Å². The first-order valence-corrected chi connectivity index (χ1v) is 9.29. The summed E-state index contributed by atoms with van der Waals surface area (Å²) in [4.78, 5) is 18.3. The second-order valence-corrected chi connectivity index (χ2v) is 6.77. The third-order valence-electron chi connectivity index (χ3n) is 4.17. The summed E-state index contributed by atoms with van der Waals surface area (Å²) >= 11 is 0. The van der Waals surface area contributed by atoms with Crippen LogP contribution in [0.15, 0.2) is 47.5 Å². The zero-order chi connectivity index (χ0) is 21.2. The third kappa shape index (κ3) is 7.50. The first-order chi connectivity index (χ1) is 13.9. The molecule has 0 radical (unpaired) electrons. The van der Waals surface area contributed by atoms with Gasteiger partial charge in [-0.25, -0.2) is 8.78 Å². The average Bonchev–Trinajstić information content (AvgIpc) is 2.70. The number of hydrogen-bond acceptors (Lipinski definition) is 3. The summed E-state index contributed by atoms with van der Waals surface area (Å²) in [6.45, 7) is 1.85. The molecule has 0 saturated carbocycles. The van der Waals surface area contributed by atoms with Gasteiger partial charge in [0.25, 0.3) is 5.91 Å². The Bertz CT molecular complexity index is 855. The molecule has 0 aliphatic heterocycles. The quantitative estimate of drug-likeness (QED) is 0.467. The Morgan fingerprint density at radius 3 is 2.52 bits per heavy atom. The van der Waals surface area contributed by atoms with Gasteiger partial charge >= 0.3 is 0 Å². The minimum Gasteiger partial charge on any atom is -0.352 e. The lowest BCUT2D eigenvalue weighted by Gasteiger charge is -2.13. The van der Waals surface area contributed by atoms with Gasteiger partial charge in [0.2, 0.25) is 0 Å². The summed E-state index contributed by atoms with van der Waals surface area (Å²) in [6, 6.07) is 10.6. The molecule has 0 spiro atoms. The molecule has 2 rings (SSSR count). The predicted molar refractivity (Wildman–Crippen MR) is 111 cm³/mol. The molecular weight excluding hydrogens is 376 g/mol. The lowest BCUT2D eigenvalue weighted by Crippen LogP contribution is -2.36. The number of guanidine groups is 1. The van der Waals surface area contributed by atoms with Crippen LogP contribution in [0.4, 0.5) is 8.78 Å². The van der Waals surface area contributed by atoms with Gasteiger partial charge in [0.1, 0.15) is 11.6 Å². The van der Waals surface area contributed by atoms with Crippen LogP contribution in [-0.4, -0.2) is 51.0 Å². The van der Waals surface area contributed by atoms with E-state index in [9.17, 15) is 13.6 Å². The second kappa shape index (κ2) is 11.1. The van der Waals surface area contributed by atoms with Crippen molar-refractivity contribution in [1.82, 2.24) is 20.9 Å². The molecule has 3 N–H and O–H groups in total. The number of carbonyl (C=O) groups excluding carboxylic acids is 1. The van der Waals surface area contributed by atoms with Crippen molar-refractivity contribution >= 4 is 11.9 Å². The standard InChI is InChI=1S/C21H27F2N5O/c1-24-21(27-14-17-12-18(22)7-8-19(17)23)26-13-15-5-4-6-16(11-15)20(29)25-9-10-28(2)3/h4-8,11-12H,9-10,13-14H2,1-3H3,(H,25,29)(H2,24,26,27). The van der Waals surface area contributed by atoms with Crippen molar-refractivity contribution in [2.24, 2.45) is 4.99 Å². The molecule has 6 nitrogen and oxygen atoms in total. The van der Waals surface area contributed by atoms with E-state index < -0.39 is 11.6 Å². The topological polar surface area (TPSA) is 68.8 Å². The zero-order valence-electron chi connectivity index (χ0n) is 16.9. The first-order valence-electron chi connectivity index (χ1n) is 9.29. The van der Waals surface area contributed by atoms with E-state index in [2.05, 4.69) is 20.9 Å². The highest BCUT2D eigenvalue weighted by Gasteiger charge is 2.08. The average molecular weight is 403 g/mol. The maximum Gasteiger partial charge on any atom is 0.251 e. The Hall–Kier alpha value is -3.00. The van der Waals surface area contributed by atoms with E-state index in [-0.39, 0.29) is 18.0 Å². The van der Waals surface area contributed by atoms with Crippen LogP contribution in [0.5, 0.6) is 0 Å². The van der Waals surface area contributed by atoms with E-state index in [1.54, 1.807) is 19.2 Å². The number of aliphatic imine (C=N–C) groups is 1. The fourth-order valence-electron chi connectivity index (χ4n) is 2.58. The Labute approximate surface area is 170 Å². The van der Waals surface area contributed by atoms with Crippen molar-refractivity contribution in [3.8, 4) is 0 Å². The maximum atomic E-state index is 13.7. The number of rotatable bonds is 8. The van der Waals surface area contributed by atoms with Gasteiger partial charge in [-0.05, 0) is 50.0 Å². The fraction of sp³-hybridized carbons (Fsp3) is 0.333. The highest BCUT2D eigenvalue weighted by atomic mass is 19.1. The lowest BCUT2D eigenvalue weighted by molar-refractivity contribution is 0.0951. The fourth-order valence-corrected chi connectivity index (χ4v) is 2.58. The summed E-state index contributed by atoms with van der Waals surface area (Å²) in [5, 5.41) is 8.93. The second-order valence-electron chi connectivity index (χ2n) is 6.77. The molecule has 156 valence electrons. The molecule has 1 amide bonds. The summed E-state index contributed by atoms with van der Waals surface area (Å²) < 4.78 is 27.0. The summed E-state index contributed by atoms with van der Waals surface area (Å²) in [6.07, 6.45) is 0. The van der Waals surface area contributed by atoms with Crippen LogP contribution >= 0.6 is 0 Å². The molecule has 0 atom stereocenters. The van der Waals surface area contributed by atoms with Crippen LogP contribution in [0.1, 0.15) is 21.5 Å². The number of nitrogens with one attached hydrogen (secondary N) is 3. The largest absolute Gasteiger partial charge is 0.352 e. The SMILES string of the molecule is CN=C(NCc1cccc(C(=O)NCCN(C)C)c1)NCc1cc(F)ccc1F. The van der Waals surface area contributed by atoms with E-state index in [0.29, 0.717) is 24.6 Å². The normalized spacial score (nSPS) is 11.4. The van der Waals surface area contributed by atoms with Gasteiger partial charge in [-0.1, -0.05) is 12.1 Å². The number of carbonyl (C=O) groups is 1. The Morgan fingerprint density at radius 1 is 1.03 bits per heavy atom. The summed E-state index contributed by atoms with van der Waals surface area (Å²) in [5.74, 6) is -0.665. The molecule has 2 aromatic rings. The van der Waals surface area contributed by atoms with E-state index in [1.807, 2.05) is 31.1 Å². The molecular formula is C21H27F2N5O. The number of nitrogens with zero attached hydrogens (tertiary/aromatic N) is 2. The molecule has 0 heterocycles. The number of amides is 1. The van der Waals surface area contributed by atoms with Gasteiger partial charge in [-0.2, -0.15) is 0 Å². The molecule has 0 bridgehead atoms. The van der Waals surface area contributed by atoms with Crippen molar-refractivity contribution in [2.45, 2.75) is 13.1 Å². The van der Waals surface area contributed by atoms with Crippen molar-refractivity contribution in [3.05, 3.63) is 70.8 Å². The summed E-state index contributed by atoms with van der Waals surface area (Å²) in [5.41, 5.74) is 1.68. The monoisotopic (exact) mass is 403 g/mol. The van der Waals surface area contributed by atoms with Gasteiger partial charge in [-0.3, -0.25) is 9.79 Å². The minimum absolute atomic E-state index is 0.0948. The smallest absolute Gasteiger partial charge is 0.251 e. The van der Waals surface area contributed by atoms with E-state index >= 15 is 0 Å². The van der Waals surface area contributed by atoms with Gasteiger partial charge in [0.05, 0.1) is 0 Å². The molecule has 8 heteroatoms. The van der Waals surface area contributed by atoms with Gasteiger partial charge in [0, 0.05) is 44.4 Å². The van der Waals surface area contributed by atoms with Crippen LogP contribution in [0.3, 0.4) is 0 Å². The molecule has 0 fully saturated rings. The van der Waals surface area contributed by atoms with E-state index in [1.165, 1.54) is 0 Å². The highest BCUT2D eigenvalue weighted by molar-refractivity contribution is 5.94. The molecule has 0 unspecified atom stereocenters.